The second-order valence-electron chi connectivity index (χ2n) is 9.00. The summed E-state index contributed by atoms with van der Waals surface area (Å²) in [5.74, 6) is -1.47. The number of primary amides is 1. The van der Waals surface area contributed by atoms with E-state index in [-0.39, 0.29) is 18.0 Å². The summed E-state index contributed by atoms with van der Waals surface area (Å²) in [6.07, 6.45) is 5.56. The van der Waals surface area contributed by atoms with Gasteiger partial charge in [-0.15, -0.1) is 0 Å². The van der Waals surface area contributed by atoms with Gasteiger partial charge in [0.25, 0.3) is 5.91 Å². The van der Waals surface area contributed by atoms with E-state index in [4.69, 9.17) is 10.5 Å². The molecule has 6 N–H and O–H groups in total. The Morgan fingerprint density at radius 1 is 1.21 bits per heavy atom. The first-order chi connectivity index (χ1) is 16.4. The van der Waals surface area contributed by atoms with Gasteiger partial charge in [0.15, 0.2) is 0 Å². The Labute approximate surface area is 196 Å². The summed E-state index contributed by atoms with van der Waals surface area (Å²) in [5, 5.41) is 8.88. The fraction of sp³-hybridized carbons (Fsp3) is 0.522. The predicted octanol–water partition coefficient (Wildman–Crippen LogP) is 0.356. The second-order valence-corrected chi connectivity index (χ2v) is 9.00. The van der Waals surface area contributed by atoms with Crippen molar-refractivity contribution in [1.29, 1.82) is 0 Å². The van der Waals surface area contributed by atoms with E-state index in [1.165, 1.54) is 7.11 Å². The number of H-pyrrole nitrogens is 1. The molecule has 2 aliphatic rings. The van der Waals surface area contributed by atoms with Crippen LogP contribution in [0.15, 0.2) is 18.3 Å². The Bertz CT molecular complexity index is 1090. The van der Waals surface area contributed by atoms with E-state index in [1.807, 2.05) is 0 Å². The zero-order valence-corrected chi connectivity index (χ0v) is 19.1. The van der Waals surface area contributed by atoms with Crippen LogP contribution in [0.2, 0.25) is 0 Å². The van der Waals surface area contributed by atoms with Gasteiger partial charge >= 0.3 is 0 Å². The first-order valence-corrected chi connectivity index (χ1v) is 11.6. The lowest BCUT2D eigenvalue weighted by molar-refractivity contribution is -0.131. The van der Waals surface area contributed by atoms with E-state index in [1.54, 1.807) is 18.3 Å². The summed E-state index contributed by atoms with van der Waals surface area (Å²) in [6.45, 7) is 0.605. The van der Waals surface area contributed by atoms with Crippen molar-refractivity contribution in [2.75, 3.05) is 13.7 Å². The molecule has 1 aliphatic heterocycles. The van der Waals surface area contributed by atoms with Crippen molar-refractivity contribution in [3.05, 3.63) is 24.0 Å². The number of nitrogens with zero attached hydrogens (tertiary/aromatic N) is 1. The van der Waals surface area contributed by atoms with Crippen LogP contribution in [0.25, 0.3) is 10.9 Å². The van der Waals surface area contributed by atoms with Crippen LogP contribution in [-0.4, -0.2) is 59.3 Å². The highest BCUT2D eigenvalue weighted by atomic mass is 16.5. The maximum absolute atomic E-state index is 13.1. The third-order valence-corrected chi connectivity index (χ3v) is 6.42. The van der Waals surface area contributed by atoms with Crippen LogP contribution in [-0.2, 0) is 14.4 Å². The van der Waals surface area contributed by atoms with Gasteiger partial charge in [0.2, 0.25) is 23.6 Å². The lowest BCUT2D eigenvalue weighted by atomic mass is 9.91. The van der Waals surface area contributed by atoms with Crippen LogP contribution in [0, 0.1) is 11.8 Å². The number of ether oxygens (including phenoxy) is 1. The molecular formula is C23H30N6O5. The number of fused-ring (bicyclic) bond motifs is 1. The van der Waals surface area contributed by atoms with Crippen molar-refractivity contribution < 1.29 is 23.9 Å². The molecule has 1 aliphatic carbocycles. The first-order valence-electron chi connectivity index (χ1n) is 11.6. The third-order valence-electron chi connectivity index (χ3n) is 6.42. The predicted molar refractivity (Wildman–Crippen MR) is 123 cm³/mol. The average Bonchev–Trinajstić information content (AvgIpc) is 3.52. The van der Waals surface area contributed by atoms with Gasteiger partial charge in [-0.25, -0.2) is 4.98 Å². The molecule has 182 valence electrons. The monoisotopic (exact) mass is 470 g/mol. The molecule has 0 spiro atoms. The molecule has 0 aromatic carbocycles. The number of carbonyl (C=O) groups is 4. The SMILES string of the molecule is COc1nccc2[nH]c(C(=O)N[C@@H](CC3CC3)C(=O)N[C@@H](C[C@@H]3CCCNC3=O)C(N)=O)cc12. The summed E-state index contributed by atoms with van der Waals surface area (Å²) >= 11 is 0. The molecule has 3 heterocycles. The average molecular weight is 471 g/mol. The largest absolute Gasteiger partial charge is 0.481 e. The van der Waals surface area contributed by atoms with Crippen molar-refractivity contribution in [3.63, 3.8) is 0 Å². The molecule has 2 aromatic heterocycles. The van der Waals surface area contributed by atoms with Gasteiger partial charge < -0.3 is 31.4 Å². The number of pyridine rings is 1. The molecule has 0 bridgehead atoms. The van der Waals surface area contributed by atoms with Crippen LogP contribution in [0.3, 0.4) is 0 Å². The summed E-state index contributed by atoms with van der Waals surface area (Å²) in [4.78, 5) is 57.4. The quantitative estimate of drug-likeness (QED) is 0.336. The minimum atomic E-state index is -0.997. The zero-order chi connectivity index (χ0) is 24.2. The molecule has 4 rings (SSSR count). The molecule has 2 aromatic rings. The highest BCUT2D eigenvalue weighted by Crippen LogP contribution is 2.34. The minimum absolute atomic E-state index is 0.131. The Morgan fingerprint density at radius 3 is 2.68 bits per heavy atom. The van der Waals surface area contributed by atoms with Crippen LogP contribution in [0.5, 0.6) is 5.88 Å². The molecule has 1 saturated carbocycles. The van der Waals surface area contributed by atoms with E-state index in [9.17, 15) is 19.2 Å². The van der Waals surface area contributed by atoms with Crippen molar-refractivity contribution >= 4 is 34.5 Å². The van der Waals surface area contributed by atoms with Crippen LogP contribution < -0.4 is 26.4 Å². The summed E-state index contributed by atoms with van der Waals surface area (Å²) in [6, 6.07) is 1.51. The number of hydrogen-bond donors (Lipinski definition) is 5. The standard InChI is InChI=1S/C23H30N6O5/c1-34-23-14-11-18(27-15(14)6-8-26-23)22(33)29-17(9-12-4-5-12)21(32)28-16(19(24)30)10-13-3-2-7-25-20(13)31/h6,8,11-13,16-17,27H,2-5,7,9-10H2,1H3,(H2,24,30)(H,25,31)(H,28,32)(H,29,33)/t13-,16-,17-/m0/s1. The zero-order valence-electron chi connectivity index (χ0n) is 19.1. The maximum Gasteiger partial charge on any atom is 0.268 e. The number of hydrogen-bond acceptors (Lipinski definition) is 6. The molecule has 0 unspecified atom stereocenters. The van der Waals surface area contributed by atoms with Crippen molar-refractivity contribution in [2.24, 2.45) is 17.6 Å². The number of piperidine rings is 1. The Hall–Kier alpha value is -3.63. The van der Waals surface area contributed by atoms with E-state index < -0.39 is 35.7 Å². The van der Waals surface area contributed by atoms with Gasteiger partial charge in [-0.1, -0.05) is 12.8 Å². The number of carbonyl (C=O) groups excluding carboxylic acids is 4. The lowest BCUT2D eigenvalue weighted by Crippen LogP contribution is -2.54. The van der Waals surface area contributed by atoms with Crippen LogP contribution >= 0.6 is 0 Å². The number of aromatic nitrogens is 2. The number of nitrogens with two attached hydrogens (primary N) is 1. The van der Waals surface area contributed by atoms with Crippen molar-refractivity contribution in [3.8, 4) is 5.88 Å². The first kappa shape index (κ1) is 23.5. The highest BCUT2D eigenvalue weighted by molar-refractivity contribution is 6.01. The number of amides is 4. The third kappa shape index (κ3) is 5.46. The van der Waals surface area contributed by atoms with Gasteiger partial charge in [-0.3, -0.25) is 19.2 Å². The summed E-state index contributed by atoms with van der Waals surface area (Å²) in [7, 11) is 1.50. The summed E-state index contributed by atoms with van der Waals surface area (Å²) < 4.78 is 5.24. The smallest absolute Gasteiger partial charge is 0.268 e. The summed E-state index contributed by atoms with van der Waals surface area (Å²) in [5.41, 5.74) is 6.47. The van der Waals surface area contributed by atoms with E-state index in [0.717, 1.165) is 19.3 Å². The van der Waals surface area contributed by atoms with Crippen LogP contribution in [0.4, 0.5) is 0 Å². The molecule has 3 atom stereocenters. The van der Waals surface area contributed by atoms with E-state index in [0.29, 0.717) is 42.1 Å². The molecule has 2 fully saturated rings. The molecule has 1 saturated heterocycles. The maximum atomic E-state index is 13.1. The highest BCUT2D eigenvalue weighted by Gasteiger charge is 2.34. The number of aromatic amines is 1. The van der Waals surface area contributed by atoms with Crippen molar-refractivity contribution in [1.82, 2.24) is 25.9 Å². The number of methoxy groups -OCH3 is 1. The fourth-order valence-corrected chi connectivity index (χ4v) is 4.33. The molecule has 0 radical (unpaired) electrons. The van der Waals surface area contributed by atoms with Gasteiger partial charge in [-0.2, -0.15) is 0 Å². The molecule has 11 nitrogen and oxygen atoms in total. The Kier molecular flexibility index (Phi) is 6.99. The van der Waals surface area contributed by atoms with Gasteiger partial charge in [0.05, 0.1) is 18.0 Å². The Balaban J connectivity index is 1.46. The van der Waals surface area contributed by atoms with Gasteiger partial charge in [0, 0.05) is 18.7 Å². The molecule has 4 amide bonds. The van der Waals surface area contributed by atoms with Crippen molar-refractivity contribution in [2.45, 2.75) is 50.6 Å². The molecular weight excluding hydrogens is 440 g/mol. The molecule has 11 heteroatoms. The number of rotatable bonds is 10. The Morgan fingerprint density at radius 2 is 2.00 bits per heavy atom. The van der Waals surface area contributed by atoms with E-state index in [2.05, 4.69) is 25.9 Å². The molecule has 34 heavy (non-hydrogen) atoms. The fourth-order valence-electron chi connectivity index (χ4n) is 4.33. The minimum Gasteiger partial charge on any atom is -0.481 e. The van der Waals surface area contributed by atoms with Gasteiger partial charge in [0.1, 0.15) is 17.8 Å². The van der Waals surface area contributed by atoms with Crippen LogP contribution in [0.1, 0.15) is 49.0 Å². The second kappa shape index (κ2) is 10.1. The number of nitrogens with one attached hydrogen (secondary N) is 4. The lowest BCUT2D eigenvalue weighted by Gasteiger charge is -2.27. The topological polar surface area (TPSA) is 168 Å². The van der Waals surface area contributed by atoms with E-state index >= 15 is 0 Å². The van der Waals surface area contributed by atoms with Gasteiger partial charge in [-0.05, 0) is 43.7 Å². The normalized spacial score (nSPS) is 19.7.